The third-order valence-electron chi connectivity index (χ3n) is 4.95. The first-order valence-corrected chi connectivity index (χ1v) is 10.1. The first-order valence-electron chi connectivity index (χ1n) is 9.76. The highest BCUT2D eigenvalue weighted by Gasteiger charge is 2.11. The lowest BCUT2D eigenvalue weighted by Crippen LogP contribution is -2.03. The number of ether oxygens (including phenoxy) is 1. The monoisotopic (exact) mass is 431 g/mol. The third kappa shape index (κ3) is 4.32. The third-order valence-corrected chi connectivity index (χ3v) is 5.19. The molecule has 5 nitrogen and oxygen atoms in total. The number of imidazole rings is 1. The molecule has 0 amide bonds. The van der Waals surface area contributed by atoms with E-state index in [9.17, 15) is 4.79 Å². The molecule has 0 atom stereocenters. The summed E-state index contributed by atoms with van der Waals surface area (Å²) in [6, 6.07) is 19.2. The number of hydrogen-bond acceptors (Lipinski definition) is 4. The van der Waals surface area contributed by atoms with Crippen molar-refractivity contribution < 1.29 is 9.53 Å². The second-order valence-corrected chi connectivity index (χ2v) is 7.79. The Morgan fingerprint density at radius 3 is 2.71 bits per heavy atom. The van der Waals surface area contributed by atoms with Gasteiger partial charge in [-0.25, -0.2) is 4.98 Å². The average Bonchev–Trinajstić information content (AvgIpc) is 3.20. The Morgan fingerprint density at radius 2 is 1.94 bits per heavy atom. The molecule has 1 heterocycles. The number of allylic oxidation sites excluding steroid dienone is 1. The molecule has 4 aromatic rings. The average molecular weight is 432 g/mol. The van der Waals surface area contributed by atoms with Crippen LogP contribution in [0.1, 0.15) is 10.4 Å². The fourth-order valence-corrected chi connectivity index (χ4v) is 3.59. The summed E-state index contributed by atoms with van der Waals surface area (Å²) in [5.74, 6) is 0.700. The first-order chi connectivity index (χ1) is 15.0. The topological polar surface area (TPSA) is 47.4 Å². The highest BCUT2D eigenvalue weighted by Crippen LogP contribution is 2.33. The predicted octanol–water partition coefficient (Wildman–Crippen LogP) is 5.61. The van der Waals surface area contributed by atoms with Crippen molar-refractivity contribution in [3.05, 3.63) is 89.9 Å². The van der Waals surface area contributed by atoms with Crippen molar-refractivity contribution in [1.29, 1.82) is 0 Å². The number of fused-ring (bicyclic) bond motifs is 1. The van der Waals surface area contributed by atoms with E-state index >= 15 is 0 Å². The highest BCUT2D eigenvalue weighted by molar-refractivity contribution is 6.31. The van der Waals surface area contributed by atoms with Crippen molar-refractivity contribution >= 4 is 28.4 Å². The largest absolute Gasteiger partial charge is 0.496 e. The maximum Gasteiger partial charge on any atom is 0.187 e. The molecule has 4 rings (SSSR count). The molecule has 3 aromatic carbocycles. The van der Waals surface area contributed by atoms with Gasteiger partial charge in [-0.05, 0) is 54.1 Å². The van der Waals surface area contributed by atoms with Gasteiger partial charge in [0.15, 0.2) is 5.78 Å². The summed E-state index contributed by atoms with van der Waals surface area (Å²) in [6.45, 7) is 0. The van der Waals surface area contributed by atoms with Gasteiger partial charge in [-0.15, -0.1) is 0 Å². The minimum Gasteiger partial charge on any atom is -0.496 e. The number of aromatic nitrogens is 2. The Morgan fingerprint density at radius 1 is 1.10 bits per heavy atom. The molecule has 0 unspecified atom stereocenters. The number of ketones is 1. The summed E-state index contributed by atoms with van der Waals surface area (Å²) in [5, 5.41) is 0.648. The second kappa shape index (κ2) is 8.66. The summed E-state index contributed by atoms with van der Waals surface area (Å²) in [4.78, 5) is 18.7. The van der Waals surface area contributed by atoms with E-state index in [0.29, 0.717) is 10.6 Å². The molecule has 0 radical (unpaired) electrons. The van der Waals surface area contributed by atoms with Crippen LogP contribution < -0.4 is 4.74 Å². The molecular weight excluding hydrogens is 410 g/mol. The van der Waals surface area contributed by atoms with E-state index in [4.69, 9.17) is 16.3 Å². The van der Waals surface area contributed by atoms with Crippen LogP contribution in [0.15, 0.2) is 79.3 Å². The number of carbonyl (C=O) groups is 1. The zero-order chi connectivity index (χ0) is 22.0. The highest BCUT2D eigenvalue weighted by atomic mass is 35.5. The summed E-state index contributed by atoms with van der Waals surface area (Å²) in [5.41, 5.74) is 5.14. The number of hydrogen-bond donors (Lipinski definition) is 0. The molecule has 0 bridgehead atoms. The maximum atomic E-state index is 12.4. The lowest BCUT2D eigenvalue weighted by atomic mass is 10.0. The number of halogens is 1. The number of rotatable bonds is 6. The van der Waals surface area contributed by atoms with Gasteiger partial charge < -0.3 is 9.64 Å². The number of nitrogens with zero attached hydrogens (tertiary/aromatic N) is 3. The van der Waals surface area contributed by atoms with Gasteiger partial charge in [-0.2, -0.15) is 0 Å². The molecule has 6 heteroatoms. The Labute approximate surface area is 186 Å². The van der Waals surface area contributed by atoms with Gasteiger partial charge in [-0.3, -0.25) is 9.36 Å². The second-order valence-electron chi connectivity index (χ2n) is 7.36. The van der Waals surface area contributed by atoms with Crippen LogP contribution in [0.4, 0.5) is 0 Å². The van der Waals surface area contributed by atoms with Crippen molar-refractivity contribution in [2.45, 2.75) is 0 Å². The smallest absolute Gasteiger partial charge is 0.187 e. The van der Waals surface area contributed by atoms with Crippen molar-refractivity contribution in [3.63, 3.8) is 0 Å². The van der Waals surface area contributed by atoms with Gasteiger partial charge in [0.05, 0.1) is 18.1 Å². The van der Waals surface area contributed by atoms with Crippen molar-refractivity contribution in [2.75, 3.05) is 21.2 Å². The van der Waals surface area contributed by atoms with Crippen LogP contribution in [-0.2, 0) is 0 Å². The standard InChI is InChI=1S/C25H22ClN3O2/c1-28(2)12-11-24(30)18-7-9-23-22(14-18)27-16-29(23)20-6-4-5-17(13-20)21-15-19(26)8-10-25(21)31-3/h4-16H,1-3H3. The molecule has 0 fully saturated rings. The molecule has 0 aliphatic rings. The van der Waals surface area contributed by atoms with Gasteiger partial charge in [0.2, 0.25) is 0 Å². The summed E-state index contributed by atoms with van der Waals surface area (Å²) in [6.07, 6.45) is 5.06. The fourth-order valence-electron chi connectivity index (χ4n) is 3.41. The van der Waals surface area contributed by atoms with Gasteiger partial charge >= 0.3 is 0 Å². The number of methoxy groups -OCH3 is 1. The van der Waals surface area contributed by atoms with Gasteiger partial charge in [0.1, 0.15) is 12.1 Å². The fraction of sp³-hybridized carbons (Fsp3) is 0.120. The van der Waals surface area contributed by atoms with E-state index < -0.39 is 0 Å². The minimum absolute atomic E-state index is 0.0554. The molecule has 0 aliphatic carbocycles. The van der Waals surface area contributed by atoms with E-state index in [-0.39, 0.29) is 5.78 Å². The van der Waals surface area contributed by atoms with Gasteiger partial charge in [0, 0.05) is 48.2 Å². The van der Waals surface area contributed by atoms with E-state index in [0.717, 1.165) is 33.6 Å². The van der Waals surface area contributed by atoms with Crippen LogP contribution in [-0.4, -0.2) is 41.4 Å². The number of benzene rings is 3. The Kier molecular flexibility index (Phi) is 5.78. The van der Waals surface area contributed by atoms with Gasteiger partial charge in [-0.1, -0.05) is 23.7 Å². The van der Waals surface area contributed by atoms with Crippen molar-refractivity contribution in [2.24, 2.45) is 0 Å². The Hall–Kier alpha value is -3.57. The Bertz CT molecular complexity index is 1290. The molecule has 0 N–H and O–H groups in total. The molecule has 1 aromatic heterocycles. The van der Waals surface area contributed by atoms with E-state index in [1.54, 1.807) is 25.7 Å². The molecule has 0 saturated heterocycles. The normalized spacial score (nSPS) is 11.2. The maximum absolute atomic E-state index is 12.4. The predicted molar refractivity (Wildman–Crippen MR) is 125 cm³/mol. The lowest BCUT2D eigenvalue weighted by Gasteiger charge is -2.11. The van der Waals surface area contributed by atoms with Crippen molar-refractivity contribution in [3.8, 4) is 22.6 Å². The quantitative estimate of drug-likeness (QED) is 0.294. The number of carbonyl (C=O) groups excluding carboxylic acids is 1. The molecule has 0 aliphatic heterocycles. The Balaban J connectivity index is 1.73. The van der Waals surface area contributed by atoms with E-state index in [1.807, 2.05) is 78.2 Å². The van der Waals surface area contributed by atoms with Crippen LogP contribution in [0.25, 0.3) is 27.8 Å². The van der Waals surface area contributed by atoms with Crippen LogP contribution in [0, 0.1) is 0 Å². The summed E-state index contributed by atoms with van der Waals surface area (Å²) in [7, 11) is 5.40. The minimum atomic E-state index is -0.0554. The first kappa shape index (κ1) is 20.7. The summed E-state index contributed by atoms with van der Waals surface area (Å²) < 4.78 is 7.51. The lowest BCUT2D eigenvalue weighted by molar-refractivity contribution is 0.104. The van der Waals surface area contributed by atoms with Crippen LogP contribution in [0.3, 0.4) is 0 Å². The van der Waals surface area contributed by atoms with Crippen LogP contribution in [0.2, 0.25) is 5.02 Å². The zero-order valence-electron chi connectivity index (χ0n) is 17.5. The molecule has 0 saturated carbocycles. The van der Waals surface area contributed by atoms with Crippen LogP contribution in [0.5, 0.6) is 5.75 Å². The van der Waals surface area contributed by atoms with Crippen LogP contribution >= 0.6 is 11.6 Å². The van der Waals surface area contributed by atoms with E-state index in [1.165, 1.54) is 0 Å². The molecular formula is C25H22ClN3O2. The molecule has 31 heavy (non-hydrogen) atoms. The van der Waals surface area contributed by atoms with E-state index in [2.05, 4.69) is 11.1 Å². The molecule has 156 valence electrons. The van der Waals surface area contributed by atoms with Crippen molar-refractivity contribution in [1.82, 2.24) is 14.5 Å². The summed E-state index contributed by atoms with van der Waals surface area (Å²) >= 11 is 6.22. The molecule has 0 spiro atoms. The SMILES string of the molecule is COc1ccc(Cl)cc1-c1cccc(-n2cnc3cc(C(=O)C=CN(C)C)ccc32)c1. The van der Waals surface area contributed by atoms with Gasteiger partial charge in [0.25, 0.3) is 0 Å². The zero-order valence-corrected chi connectivity index (χ0v) is 18.3.